The van der Waals surface area contributed by atoms with E-state index in [1.807, 2.05) is 68.4 Å². The third kappa shape index (κ3) is 7.67. The van der Waals surface area contributed by atoms with Crippen molar-refractivity contribution in [3.63, 3.8) is 0 Å². The van der Waals surface area contributed by atoms with Gasteiger partial charge in [-0.05, 0) is 31.5 Å². The summed E-state index contributed by atoms with van der Waals surface area (Å²) < 4.78 is 16.2. The number of Topliss-reactive ketones (excluding diaryl/α,β-unsaturated/α-hetero) is 1. The first kappa shape index (κ1) is 27.9. The summed E-state index contributed by atoms with van der Waals surface area (Å²) in [5.74, 6) is -2.16. The average Bonchev–Trinajstić information content (AvgIpc) is 2.88. The largest absolute Gasteiger partial charge is 0.493 e. The van der Waals surface area contributed by atoms with Crippen molar-refractivity contribution in [2.75, 3.05) is 7.11 Å². The second-order valence-corrected chi connectivity index (χ2v) is 9.93. The molecule has 3 atom stereocenters. The highest BCUT2D eigenvalue weighted by atomic mass is 32.2. The first-order valence-electron chi connectivity index (χ1n) is 11.9. The smallest absolute Gasteiger partial charge is 0.309 e. The third-order valence-electron chi connectivity index (χ3n) is 5.63. The van der Waals surface area contributed by atoms with Gasteiger partial charge in [0.25, 0.3) is 0 Å². The van der Waals surface area contributed by atoms with Gasteiger partial charge in [0.15, 0.2) is 17.2 Å². The van der Waals surface area contributed by atoms with E-state index in [2.05, 4.69) is 4.98 Å². The van der Waals surface area contributed by atoms with E-state index in [9.17, 15) is 14.4 Å². The van der Waals surface area contributed by atoms with Crippen molar-refractivity contribution in [1.82, 2.24) is 4.98 Å². The Kier molecular flexibility index (Phi) is 9.85. The van der Waals surface area contributed by atoms with Crippen molar-refractivity contribution in [3.05, 3.63) is 83.7 Å². The molecule has 0 aliphatic heterocycles. The van der Waals surface area contributed by atoms with Crippen molar-refractivity contribution in [2.24, 2.45) is 5.92 Å². The SMILES string of the molecule is COc1ccnc(C(=O)C[C@@H](C)C(=O)O[C@@H](C)[C@H](Sc2ccc(C)cc2)c2ccccc2)c1OC(C)=O. The number of nitrogens with zero attached hydrogens (tertiary/aromatic N) is 1. The zero-order valence-electron chi connectivity index (χ0n) is 21.6. The monoisotopic (exact) mass is 521 g/mol. The summed E-state index contributed by atoms with van der Waals surface area (Å²) >= 11 is 1.62. The second kappa shape index (κ2) is 13.1. The maximum absolute atomic E-state index is 13.0. The van der Waals surface area contributed by atoms with Gasteiger partial charge in [0.2, 0.25) is 5.75 Å². The molecule has 3 rings (SSSR count). The molecule has 0 unspecified atom stereocenters. The Balaban J connectivity index is 1.73. The van der Waals surface area contributed by atoms with Crippen molar-refractivity contribution in [2.45, 2.75) is 50.4 Å². The van der Waals surface area contributed by atoms with E-state index in [4.69, 9.17) is 14.2 Å². The molecule has 7 nitrogen and oxygen atoms in total. The van der Waals surface area contributed by atoms with Gasteiger partial charge in [0.05, 0.1) is 18.3 Å². The van der Waals surface area contributed by atoms with Crippen molar-refractivity contribution in [1.29, 1.82) is 0 Å². The second-order valence-electron chi connectivity index (χ2n) is 8.72. The number of aryl methyl sites for hydroxylation is 1. The van der Waals surface area contributed by atoms with Crippen LogP contribution in [0.15, 0.2) is 71.8 Å². The normalized spacial score (nSPS) is 13.2. The number of hydrogen-bond donors (Lipinski definition) is 0. The zero-order valence-corrected chi connectivity index (χ0v) is 22.4. The van der Waals surface area contributed by atoms with Crippen LogP contribution in [0.1, 0.15) is 54.1 Å². The lowest BCUT2D eigenvalue weighted by Gasteiger charge is -2.25. The van der Waals surface area contributed by atoms with E-state index in [1.165, 1.54) is 31.9 Å². The van der Waals surface area contributed by atoms with Crippen LogP contribution in [-0.2, 0) is 14.3 Å². The Morgan fingerprint density at radius 3 is 2.27 bits per heavy atom. The van der Waals surface area contributed by atoms with Crippen LogP contribution in [0.5, 0.6) is 11.5 Å². The number of rotatable bonds is 11. The van der Waals surface area contributed by atoms with Gasteiger partial charge in [0.1, 0.15) is 6.10 Å². The molecule has 1 aromatic heterocycles. The molecule has 8 heteroatoms. The van der Waals surface area contributed by atoms with Crippen LogP contribution in [0.4, 0.5) is 0 Å². The summed E-state index contributed by atoms with van der Waals surface area (Å²) in [6.07, 6.45) is 0.753. The first-order chi connectivity index (χ1) is 17.7. The van der Waals surface area contributed by atoms with Gasteiger partial charge in [-0.2, -0.15) is 0 Å². The number of benzene rings is 2. The molecule has 0 aliphatic carbocycles. The lowest BCUT2D eigenvalue weighted by Crippen LogP contribution is -2.26. The molecule has 1 heterocycles. The number of thioether (sulfide) groups is 1. The standard InChI is InChI=1S/C29H31NO6S/c1-18-11-13-23(14-12-18)37-28(22-9-7-6-8-10-22)20(3)35-29(33)19(2)17-24(32)26-27(36-21(4)31)25(34-5)15-16-30-26/h6-16,19-20,28H,17H2,1-5H3/t19-,20+,28+/m1/s1. The summed E-state index contributed by atoms with van der Waals surface area (Å²) in [7, 11) is 1.40. The zero-order chi connectivity index (χ0) is 26.9. The van der Waals surface area contributed by atoms with Crippen molar-refractivity contribution in [3.8, 4) is 11.5 Å². The predicted octanol–water partition coefficient (Wildman–Crippen LogP) is 6.00. The van der Waals surface area contributed by atoms with Crippen molar-refractivity contribution < 1.29 is 28.6 Å². The Morgan fingerprint density at radius 1 is 0.973 bits per heavy atom. The van der Waals surface area contributed by atoms with E-state index < -0.39 is 29.7 Å². The van der Waals surface area contributed by atoms with Gasteiger partial charge in [-0.25, -0.2) is 4.98 Å². The minimum Gasteiger partial charge on any atom is -0.493 e. The van der Waals surface area contributed by atoms with Crippen LogP contribution >= 0.6 is 11.8 Å². The van der Waals surface area contributed by atoms with Crippen LogP contribution in [0.3, 0.4) is 0 Å². The van der Waals surface area contributed by atoms with Gasteiger partial charge in [0, 0.05) is 30.5 Å². The Labute approximate surface area is 221 Å². The molecule has 0 saturated carbocycles. The molecule has 0 radical (unpaired) electrons. The van der Waals surface area contributed by atoms with Gasteiger partial charge >= 0.3 is 11.9 Å². The molecule has 0 spiro atoms. The lowest BCUT2D eigenvalue weighted by molar-refractivity contribution is -0.152. The third-order valence-corrected chi connectivity index (χ3v) is 7.09. The fraction of sp³-hybridized carbons (Fsp3) is 0.310. The maximum atomic E-state index is 13.0. The summed E-state index contributed by atoms with van der Waals surface area (Å²) in [6, 6.07) is 19.5. The molecule has 0 fully saturated rings. The summed E-state index contributed by atoms with van der Waals surface area (Å²) in [5.41, 5.74) is 2.13. The summed E-state index contributed by atoms with van der Waals surface area (Å²) in [4.78, 5) is 42.7. The molecule has 0 saturated heterocycles. The molecular formula is C29H31NO6S. The van der Waals surface area contributed by atoms with E-state index in [-0.39, 0.29) is 28.9 Å². The van der Waals surface area contributed by atoms with E-state index in [0.717, 1.165) is 10.5 Å². The number of esters is 2. The van der Waals surface area contributed by atoms with E-state index in [0.29, 0.717) is 0 Å². The number of aromatic nitrogens is 1. The van der Waals surface area contributed by atoms with Crippen LogP contribution in [0.2, 0.25) is 0 Å². The average molecular weight is 522 g/mol. The minimum absolute atomic E-state index is 0.0601. The van der Waals surface area contributed by atoms with Crippen molar-refractivity contribution >= 4 is 29.5 Å². The molecule has 0 amide bonds. The molecule has 3 aromatic rings. The fourth-order valence-electron chi connectivity index (χ4n) is 3.69. The summed E-state index contributed by atoms with van der Waals surface area (Å²) in [6.45, 7) is 6.74. The molecule has 0 N–H and O–H groups in total. The fourth-order valence-corrected chi connectivity index (χ4v) is 4.82. The quantitative estimate of drug-likeness (QED) is 0.172. The lowest BCUT2D eigenvalue weighted by atomic mass is 10.0. The van der Waals surface area contributed by atoms with Crippen LogP contribution in [0, 0.1) is 12.8 Å². The highest BCUT2D eigenvalue weighted by Crippen LogP contribution is 2.39. The summed E-state index contributed by atoms with van der Waals surface area (Å²) in [5, 5.41) is -0.147. The molecule has 37 heavy (non-hydrogen) atoms. The topological polar surface area (TPSA) is 91.8 Å². The molecule has 0 aliphatic rings. The Hall–Kier alpha value is -3.65. The predicted molar refractivity (Wildman–Crippen MR) is 142 cm³/mol. The number of ether oxygens (including phenoxy) is 3. The van der Waals surface area contributed by atoms with Gasteiger partial charge in [-0.3, -0.25) is 14.4 Å². The number of pyridine rings is 1. The molecule has 194 valence electrons. The minimum atomic E-state index is -0.742. The van der Waals surface area contributed by atoms with E-state index in [1.54, 1.807) is 18.7 Å². The molecule has 2 aromatic carbocycles. The molecule has 0 bridgehead atoms. The van der Waals surface area contributed by atoms with Crippen LogP contribution < -0.4 is 9.47 Å². The first-order valence-corrected chi connectivity index (χ1v) is 12.8. The number of ketones is 1. The Morgan fingerprint density at radius 2 is 1.65 bits per heavy atom. The van der Waals surface area contributed by atoms with Crippen LogP contribution in [-0.4, -0.2) is 35.9 Å². The number of methoxy groups -OCH3 is 1. The van der Waals surface area contributed by atoms with Gasteiger partial charge in [-0.1, -0.05) is 55.0 Å². The van der Waals surface area contributed by atoms with Gasteiger partial charge in [-0.15, -0.1) is 11.8 Å². The number of carbonyl (C=O) groups is 3. The number of hydrogen-bond acceptors (Lipinski definition) is 8. The van der Waals surface area contributed by atoms with Gasteiger partial charge < -0.3 is 14.2 Å². The Bertz CT molecular complexity index is 1230. The molecular weight excluding hydrogens is 490 g/mol. The maximum Gasteiger partial charge on any atom is 0.309 e. The number of carbonyl (C=O) groups excluding carboxylic acids is 3. The highest BCUT2D eigenvalue weighted by molar-refractivity contribution is 7.99. The highest BCUT2D eigenvalue weighted by Gasteiger charge is 2.29. The van der Waals surface area contributed by atoms with E-state index >= 15 is 0 Å². The van der Waals surface area contributed by atoms with Crippen LogP contribution in [0.25, 0.3) is 0 Å².